The Morgan fingerprint density at radius 1 is 1.20 bits per heavy atom. The van der Waals surface area contributed by atoms with Crippen molar-refractivity contribution >= 4 is 5.78 Å². The fraction of sp³-hybridized carbons (Fsp3) is 0.353. The van der Waals surface area contributed by atoms with Crippen LogP contribution < -0.4 is 5.32 Å². The molecule has 1 atom stereocenters. The Morgan fingerprint density at radius 3 is 2.60 bits per heavy atom. The van der Waals surface area contributed by atoms with Crippen molar-refractivity contribution in [2.24, 2.45) is 0 Å². The predicted octanol–water partition coefficient (Wildman–Crippen LogP) is 3.38. The highest BCUT2D eigenvalue weighted by Gasteiger charge is 2.10. The Bertz CT molecular complexity index is 545. The molecule has 0 aliphatic rings. The van der Waals surface area contributed by atoms with E-state index in [2.05, 4.69) is 24.4 Å². The van der Waals surface area contributed by atoms with Crippen LogP contribution in [0.2, 0.25) is 0 Å². The van der Waals surface area contributed by atoms with Crippen LogP contribution in [-0.2, 0) is 6.42 Å². The number of carbonyl (C=O) groups excluding carboxylic acids is 1. The van der Waals surface area contributed by atoms with E-state index >= 15 is 0 Å². The Morgan fingerprint density at radius 2 is 1.95 bits per heavy atom. The second-order valence-corrected chi connectivity index (χ2v) is 5.13. The van der Waals surface area contributed by atoms with Crippen LogP contribution in [0, 0.1) is 6.92 Å². The third-order valence-corrected chi connectivity index (χ3v) is 3.24. The molecule has 0 aliphatic carbocycles. The van der Waals surface area contributed by atoms with Gasteiger partial charge in [0, 0.05) is 19.0 Å². The summed E-state index contributed by atoms with van der Waals surface area (Å²) in [5.41, 5.74) is 1.31. The number of ketones is 1. The lowest BCUT2D eigenvalue weighted by Gasteiger charge is -2.13. The average Bonchev–Trinajstić information content (AvgIpc) is 2.86. The Hall–Kier alpha value is -1.87. The number of hydrogen-bond donors (Lipinski definition) is 1. The number of benzene rings is 1. The van der Waals surface area contributed by atoms with Gasteiger partial charge in [-0.25, -0.2) is 0 Å². The van der Waals surface area contributed by atoms with Crippen LogP contribution in [-0.4, -0.2) is 18.4 Å². The first-order chi connectivity index (χ1) is 9.65. The fourth-order valence-electron chi connectivity index (χ4n) is 2.18. The predicted molar refractivity (Wildman–Crippen MR) is 80.0 cm³/mol. The van der Waals surface area contributed by atoms with Gasteiger partial charge in [0.05, 0.1) is 0 Å². The zero-order valence-electron chi connectivity index (χ0n) is 12.1. The monoisotopic (exact) mass is 271 g/mol. The van der Waals surface area contributed by atoms with E-state index in [1.165, 1.54) is 5.56 Å². The number of furan rings is 1. The van der Waals surface area contributed by atoms with Gasteiger partial charge in [0.1, 0.15) is 5.76 Å². The number of hydrogen-bond acceptors (Lipinski definition) is 3. The molecule has 3 nitrogen and oxygen atoms in total. The number of nitrogens with one attached hydrogen (secondary N) is 1. The summed E-state index contributed by atoms with van der Waals surface area (Å²) in [4.78, 5) is 11.9. The molecule has 1 aromatic heterocycles. The highest BCUT2D eigenvalue weighted by molar-refractivity contribution is 5.93. The van der Waals surface area contributed by atoms with Crippen molar-refractivity contribution in [2.75, 3.05) is 6.54 Å². The summed E-state index contributed by atoms with van der Waals surface area (Å²) < 4.78 is 5.32. The van der Waals surface area contributed by atoms with Gasteiger partial charge in [0.2, 0.25) is 0 Å². The van der Waals surface area contributed by atoms with Gasteiger partial charge in [-0.1, -0.05) is 30.3 Å². The van der Waals surface area contributed by atoms with E-state index in [1.54, 1.807) is 6.07 Å². The quantitative estimate of drug-likeness (QED) is 0.785. The lowest BCUT2D eigenvalue weighted by molar-refractivity contribution is 0.0954. The van der Waals surface area contributed by atoms with E-state index in [0.717, 1.165) is 12.2 Å². The zero-order chi connectivity index (χ0) is 14.4. The molecular weight excluding hydrogens is 250 g/mol. The lowest BCUT2D eigenvalue weighted by atomic mass is 10.1. The molecule has 1 N–H and O–H groups in total. The minimum atomic E-state index is 0.0533. The molecule has 0 spiro atoms. The standard InChI is InChI=1S/C17H21NO2/c1-13(12-15-6-4-3-5-7-15)18-11-10-16(19)17-9-8-14(2)20-17/h3-9,13,18H,10-12H2,1-2H3. The SMILES string of the molecule is Cc1ccc(C(=O)CCNC(C)Cc2ccccc2)o1. The van der Waals surface area contributed by atoms with Crippen LogP contribution in [0.15, 0.2) is 46.9 Å². The van der Waals surface area contributed by atoms with Gasteiger partial charge in [-0.3, -0.25) is 4.79 Å². The molecule has 1 heterocycles. The van der Waals surface area contributed by atoms with Gasteiger partial charge in [0.25, 0.3) is 0 Å². The molecule has 106 valence electrons. The smallest absolute Gasteiger partial charge is 0.199 e. The maximum atomic E-state index is 11.9. The number of carbonyl (C=O) groups is 1. The third-order valence-electron chi connectivity index (χ3n) is 3.24. The van der Waals surface area contributed by atoms with Crippen LogP contribution in [0.4, 0.5) is 0 Å². The highest BCUT2D eigenvalue weighted by atomic mass is 16.3. The molecule has 0 fully saturated rings. The van der Waals surface area contributed by atoms with E-state index in [0.29, 0.717) is 24.8 Å². The number of rotatable bonds is 7. The normalized spacial score (nSPS) is 12.3. The maximum absolute atomic E-state index is 11.9. The Kier molecular flexibility index (Phi) is 5.13. The number of Topliss-reactive ketones (excluding diaryl/α,β-unsaturated/α-hetero) is 1. The van der Waals surface area contributed by atoms with Gasteiger partial charge >= 0.3 is 0 Å². The first-order valence-corrected chi connectivity index (χ1v) is 7.02. The van der Waals surface area contributed by atoms with Crippen LogP contribution in [0.5, 0.6) is 0 Å². The molecule has 0 bridgehead atoms. The second-order valence-electron chi connectivity index (χ2n) is 5.13. The van der Waals surface area contributed by atoms with Crippen molar-refractivity contribution in [2.45, 2.75) is 32.7 Å². The topological polar surface area (TPSA) is 42.2 Å². The van der Waals surface area contributed by atoms with Gasteiger partial charge in [0.15, 0.2) is 11.5 Å². The van der Waals surface area contributed by atoms with Crippen LogP contribution in [0.1, 0.15) is 35.2 Å². The summed E-state index contributed by atoms with van der Waals surface area (Å²) >= 11 is 0. The van der Waals surface area contributed by atoms with Crippen molar-refractivity contribution < 1.29 is 9.21 Å². The van der Waals surface area contributed by atoms with E-state index < -0.39 is 0 Å². The van der Waals surface area contributed by atoms with Gasteiger partial charge in [-0.2, -0.15) is 0 Å². The van der Waals surface area contributed by atoms with Gasteiger partial charge in [-0.05, 0) is 38.0 Å². The summed E-state index contributed by atoms with van der Waals surface area (Å²) in [7, 11) is 0. The van der Waals surface area contributed by atoms with Gasteiger partial charge in [-0.15, -0.1) is 0 Å². The molecular formula is C17H21NO2. The molecule has 20 heavy (non-hydrogen) atoms. The second kappa shape index (κ2) is 7.06. The van der Waals surface area contributed by atoms with E-state index in [1.807, 2.05) is 31.2 Å². The molecule has 2 aromatic rings. The summed E-state index contributed by atoms with van der Waals surface area (Å²) in [6.45, 7) is 4.65. The largest absolute Gasteiger partial charge is 0.458 e. The summed E-state index contributed by atoms with van der Waals surface area (Å²) in [6, 6.07) is 14.3. The minimum absolute atomic E-state index is 0.0533. The van der Waals surface area contributed by atoms with Crippen LogP contribution in [0.25, 0.3) is 0 Å². The molecule has 1 unspecified atom stereocenters. The number of aryl methyl sites for hydroxylation is 1. The lowest BCUT2D eigenvalue weighted by Crippen LogP contribution is -2.30. The van der Waals surface area contributed by atoms with E-state index in [-0.39, 0.29) is 5.78 Å². The first kappa shape index (κ1) is 14.5. The highest BCUT2D eigenvalue weighted by Crippen LogP contribution is 2.09. The summed E-state index contributed by atoms with van der Waals surface area (Å²) in [6.07, 6.45) is 1.43. The van der Waals surface area contributed by atoms with Gasteiger partial charge < -0.3 is 9.73 Å². The van der Waals surface area contributed by atoms with Crippen molar-refractivity contribution in [3.05, 3.63) is 59.5 Å². The molecule has 3 heteroatoms. The van der Waals surface area contributed by atoms with Crippen molar-refractivity contribution in [1.29, 1.82) is 0 Å². The molecule has 0 saturated carbocycles. The maximum Gasteiger partial charge on any atom is 0.199 e. The molecule has 1 aromatic carbocycles. The molecule has 0 saturated heterocycles. The average molecular weight is 271 g/mol. The fourth-order valence-corrected chi connectivity index (χ4v) is 2.18. The Labute approximate surface area is 120 Å². The van der Waals surface area contributed by atoms with Crippen LogP contribution in [0.3, 0.4) is 0 Å². The molecule has 0 aliphatic heterocycles. The zero-order valence-corrected chi connectivity index (χ0v) is 12.1. The van der Waals surface area contributed by atoms with Crippen LogP contribution >= 0.6 is 0 Å². The Balaban J connectivity index is 1.71. The molecule has 0 radical (unpaired) electrons. The third kappa shape index (κ3) is 4.35. The van der Waals surface area contributed by atoms with Crippen molar-refractivity contribution in [1.82, 2.24) is 5.32 Å². The first-order valence-electron chi connectivity index (χ1n) is 7.02. The van der Waals surface area contributed by atoms with E-state index in [4.69, 9.17) is 4.42 Å². The molecule has 2 rings (SSSR count). The van der Waals surface area contributed by atoms with Crippen molar-refractivity contribution in [3.8, 4) is 0 Å². The summed E-state index contributed by atoms with van der Waals surface area (Å²) in [5, 5.41) is 3.38. The minimum Gasteiger partial charge on any atom is -0.458 e. The summed E-state index contributed by atoms with van der Waals surface area (Å²) in [5.74, 6) is 1.29. The molecule has 0 amide bonds. The van der Waals surface area contributed by atoms with E-state index in [9.17, 15) is 4.79 Å². The van der Waals surface area contributed by atoms with Crippen molar-refractivity contribution in [3.63, 3.8) is 0 Å².